The fourth-order valence-electron chi connectivity index (χ4n) is 1.33. The Balaban J connectivity index is 3.30. The Bertz CT molecular complexity index is 538. The fraction of sp³-hybridized carbons (Fsp3) is 0.300. The summed E-state index contributed by atoms with van der Waals surface area (Å²) in [5.74, 6) is 0. The summed E-state index contributed by atoms with van der Waals surface area (Å²) >= 11 is 4.83. The molecule has 0 atom stereocenters. The molecule has 0 fully saturated rings. The maximum absolute atomic E-state index is 12.0. The lowest BCUT2D eigenvalue weighted by molar-refractivity contribution is 0.364. The number of nitrogens with two attached hydrogens (primary N) is 1. The van der Waals surface area contributed by atoms with Crippen molar-refractivity contribution in [2.45, 2.75) is 11.8 Å². The lowest BCUT2D eigenvalue weighted by Crippen LogP contribution is -2.36. The second-order valence-corrected chi connectivity index (χ2v) is 5.90. The van der Waals surface area contributed by atoms with Gasteiger partial charge in [-0.05, 0) is 18.6 Å². The highest BCUT2D eigenvalue weighted by atomic mass is 32.2. The van der Waals surface area contributed by atoms with E-state index >= 15 is 0 Å². The molecule has 0 amide bonds. The Labute approximate surface area is 107 Å². The first kappa shape index (κ1) is 14.0. The smallest absolute Gasteiger partial charge is 0.253 e. The lowest BCUT2D eigenvalue weighted by atomic mass is 10.1. The van der Waals surface area contributed by atoms with Crippen LogP contribution in [0, 0.1) is 6.92 Å². The van der Waals surface area contributed by atoms with Gasteiger partial charge in [0.05, 0.1) is 4.90 Å². The molecule has 3 N–H and O–H groups in total. The zero-order chi connectivity index (χ0) is 13.2. The van der Waals surface area contributed by atoms with E-state index in [-0.39, 0.29) is 9.88 Å². The molecule has 1 rings (SSSR count). The number of nitrogens with one attached hydrogen (secondary N) is 1. The van der Waals surface area contributed by atoms with Crippen LogP contribution in [-0.2, 0) is 10.0 Å². The van der Waals surface area contributed by atoms with Gasteiger partial charge in [0.15, 0.2) is 0 Å². The molecule has 17 heavy (non-hydrogen) atoms. The van der Waals surface area contributed by atoms with Gasteiger partial charge >= 0.3 is 0 Å². The molecule has 0 bridgehead atoms. The molecule has 7 heteroatoms. The first-order chi connectivity index (χ1) is 7.74. The van der Waals surface area contributed by atoms with E-state index in [1.54, 1.807) is 33.2 Å². The average molecular weight is 273 g/mol. The van der Waals surface area contributed by atoms with Gasteiger partial charge in [-0.25, -0.2) is 13.4 Å². The van der Waals surface area contributed by atoms with Crippen LogP contribution in [0.15, 0.2) is 23.1 Å². The monoisotopic (exact) mass is 273 g/mol. The summed E-state index contributed by atoms with van der Waals surface area (Å²) in [5, 5.41) is 1.36. The second-order valence-electron chi connectivity index (χ2n) is 3.83. The predicted octanol–water partition coefficient (Wildman–Crippen LogP) is 0.384. The summed E-state index contributed by atoms with van der Waals surface area (Å²) in [6.45, 7) is 1.72. The number of rotatable bonds is 4. The maximum Gasteiger partial charge on any atom is 0.253 e. The van der Waals surface area contributed by atoms with E-state index in [0.717, 1.165) is 0 Å². The minimum absolute atomic E-state index is 0.173. The van der Waals surface area contributed by atoms with Crippen LogP contribution >= 0.6 is 12.2 Å². The van der Waals surface area contributed by atoms with Crippen molar-refractivity contribution in [3.63, 3.8) is 0 Å². The van der Waals surface area contributed by atoms with Gasteiger partial charge in [-0.3, -0.25) is 0 Å². The van der Waals surface area contributed by atoms with Gasteiger partial charge in [-0.1, -0.05) is 24.4 Å². The van der Waals surface area contributed by atoms with E-state index < -0.39 is 10.0 Å². The normalized spacial score (nSPS) is 11.8. The molecule has 5 nitrogen and oxygen atoms in total. The lowest BCUT2D eigenvalue weighted by Gasteiger charge is -2.14. The van der Waals surface area contributed by atoms with E-state index in [1.165, 1.54) is 11.1 Å². The molecule has 0 spiro atoms. The van der Waals surface area contributed by atoms with Crippen molar-refractivity contribution in [3.05, 3.63) is 29.3 Å². The fourth-order valence-corrected chi connectivity index (χ4v) is 2.81. The van der Waals surface area contributed by atoms with Crippen LogP contribution in [0.5, 0.6) is 0 Å². The van der Waals surface area contributed by atoms with Gasteiger partial charge in [-0.2, -0.15) is 0 Å². The summed E-state index contributed by atoms with van der Waals surface area (Å²) in [5.41, 5.74) is 6.65. The topological polar surface area (TPSA) is 75.4 Å². The molecule has 0 saturated carbocycles. The molecule has 0 aliphatic rings. The van der Waals surface area contributed by atoms with Crippen LogP contribution in [0.1, 0.15) is 11.1 Å². The summed E-state index contributed by atoms with van der Waals surface area (Å²) in [6, 6.07) is 4.86. The number of hydrazine groups is 1. The number of sulfonamides is 1. The molecule has 1 aromatic rings. The molecule has 0 saturated heterocycles. The van der Waals surface area contributed by atoms with Crippen LogP contribution in [0.2, 0.25) is 0 Å². The molecular formula is C10H15N3O2S2. The van der Waals surface area contributed by atoms with Gasteiger partial charge in [0, 0.05) is 19.7 Å². The minimum atomic E-state index is -3.59. The van der Waals surface area contributed by atoms with Gasteiger partial charge < -0.3 is 5.73 Å². The Morgan fingerprint density at radius 1 is 1.41 bits per heavy atom. The highest BCUT2D eigenvalue weighted by Crippen LogP contribution is 2.17. The molecule has 0 aliphatic carbocycles. The van der Waals surface area contributed by atoms with Crippen molar-refractivity contribution in [2.24, 2.45) is 5.73 Å². The molecule has 1 aromatic carbocycles. The zero-order valence-corrected chi connectivity index (χ0v) is 11.5. The number of thiocarbonyl (C=S) groups is 1. The number of hydrogen-bond acceptors (Lipinski definition) is 4. The van der Waals surface area contributed by atoms with Crippen LogP contribution in [0.3, 0.4) is 0 Å². The van der Waals surface area contributed by atoms with Gasteiger partial charge in [0.1, 0.15) is 4.99 Å². The standard InChI is InChI=1S/C10H15N3O2S2/c1-7-4-5-8(10(11)16)6-9(7)17(14,15)12-13(2)3/h4-6,12H,1-3H3,(H2,11,16). The largest absolute Gasteiger partial charge is 0.389 e. The zero-order valence-electron chi connectivity index (χ0n) is 9.89. The third kappa shape index (κ3) is 3.47. The van der Waals surface area contributed by atoms with Crippen molar-refractivity contribution in [2.75, 3.05) is 14.1 Å². The number of hydrogen-bond donors (Lipinski definition) is 2. The minimum Gasteiger partial charge on any atom is -0.389 e. The Kier molecular flexibility index (Phi) is 4.21. The first-order valence-electron chi connectivity index (χ1n) is 4.84. The molecule has 0 aromatic heterocycles. The molecule has 0 heterocycles. The molecule has 0 unspecified atom stereocenters. The van der Waals surface area contributed by atoms with E-state index in [4.69, 9.17) is 18.0 Å². The van der Waals surface area contributed by atoms with E-state index in [1.807, 2.05) is 0 Å². The highest BCUT2D eigenvalue weighted by molar-refractivity contribution is 7.89. The molecule has 0 radical (unpaired) electrons. The molecule has 94 valence electrons. The van der Waals surface area contributed by atoms with Gasteiger partial charge in [0.25, 0.3) is 10.0 Å². The van der Waals surface area contributed by atoms with Crippen molar-refractivity contribution in [1.29, 1.82) is 0 Å². The SMILES string of the molecule is Cc1ccc(C(N)=S)cc1S(=O)(=O)NN(C)C. The second kappa shape index (κ2) is 5.09. The van der Waals surface area contributed by atoms with E-state index in [9.17, 15) is 8.42 Å². The van der Waals surface area contributed by atoms with Crippen molar-refractivity contribution in [1.82, 2.24) is 9.84 Å². The van der Waals surface area contributed by atoms with Crippen LogP contribution in [0.4, 0.5) is 0 Å². The summed E-state index contributed by atoms with van der Waals surface area (Å²) in [6.07, 6.45) is 0. The third-order valence-corrected chi connectivity index (χ3v) is 3.92. The number of benzene rings is 1. The van der Waals surface area contributed by atoms with Crippen molar-refractivity contribution >= 4 is 27.2 Å². The third-order valence-electron chi connectivity index (χ3n) is 2.06. The van der Waals surface area contributed by atoms with Crippen molar-refractivity contribution < 1.29 is 8.42 Å². The Hall–Kier alpha value is -1.02. The Morgan fingerprint density at radius 2 is 2.00 bits per heavy atom. The number of aryl methyl sites for hydroxylation is 1. The van der Waals surface area contributed by atoms with Gasteiger partial charge in [0.2, 0.25) is 0 Å². The van der Waals surface area contributed by atoms with Gasteiger partial charge in [-0.15, -0.1) is 4.83 Å². The maximum atomic E-state index is 12.0. The van der Waals surface area contributed by atoms with Crippen LogP contribution < -0.4 is 10.6 Å². The summed E-state index contributed by atoms with van der Waals surface area (Å²) < 4.78 is 24.0. The van der Waals surface area contributed by atoms with Crippen LogP contribution in [0.25, 0.3) is 0 Å². The summed E-state index contributed by atoms with van der Waals surface area (Å²) in [4.78, 5) is 2.71. The quantitative estimate of drug-likeness (QED) is 0.613. The van der Waals surface area contributed by atoms with Crippen molar-refractivity contribution in [3.8, 4) is 0 Å². The predicted molar refractivity (Wildman–Crippen MR) is 71.1 cm³/mol. The highest BCUT2D eigenvalue weighted by Gasteiger charge is 2.18. The van der Waals surface area contributed by atoms with E-state index in [2.05, 4.69) is 4.83 Å². The number of nitrogens with zero attached hydrogens (tertiary/aromatic N) is 1. The molecular weight excluding hydrogens is 258 g/mol. The first-order valence-corrected chi connectivity index (χ1v) is 6.73. The van der Waals surface area contributed by atoms with Crippen LogP contribution in [-0.4, -0.2) is 32.5 Å². The summed E-state index contributed by atoms with van der Waals surface area (Å²) in [7, 11) is -0.383. The van der Waals surface area contributed by atoms with E-state index in [0.29, 0.717) is 11.1 Å². The Morgan fingerprint density at radius 3 is 2.47 bits per heavy atom. The molecule has 0 aliphatic heterocycles. The average Bonchev–Trinajstić information content (AvgIpc) is 2.15.